The van der Waals surface area contributed by atoms with Gasteiger partial charge in [-0.1, -0.05) is 51.0 Å². The summed E-state index contributed by atoms with van der Waals surface area (Å²) in [4.78, 5) is 46.6. The third-order valence-electron chi connectivity index (χ3n) is 4.38. The Morgan fingerprint density at radius 1 is 1.03 bits per heavy atom. The molecule has 1 rings (SSSR count). The van der Waals surface area contributed by atoms with Gasteiger partial charge in [-0.3, -0.25) is 14.4 Å². The first-order chi connectivity index (χ1) is 14.3. The molecule has 0 saturated carbocycles. The molecule has 8 heteroatoms. The van der Waals surface area contributed by atoms with E-state index in [0.29, 0.717) is 24.0 Å². The minimum atomic E-state index is -1.22. The number of hydrogen-bond acceptors (Lipinski definition) is 5. The molecule has 0 aliphatic carbocycles. The van der Waals surface area contributed by atoms with Crippen molar-refractivity contribution in [2.75, 3.05) is 6.54 Å². The van der Waals surface area contributed by atoms with Gasteiger partial charge in [0.15, 0.2) is 0 Å². The normalized spacial score (nSPS) is 12.0. The van der Waals surface area contributed by atoms with Crippen LogP contribution < -0.4 is 5.32 Å². The van der Waals surface area contributed by atoms with Crippen molar-refractivity contribution >= 4 is 29.9 Å². The Morgan fingerprint density at radius 2 is 1.63 bits per heavy atom. The van der Waals surface area contributed by atoms with Crippen molar-refractivity contribution in [2.24, 2.45) is 5.92 Å². The lowest BCUT2D eigenvalue weighted by Gasteiger charge is -2.21. The first-order valence-corrected chi connectivity index (χ1v) is 9.99. The summed E-state index contributed by atoms with van der Waals surface area (Å²) >= 11 is 0. The van der Waals surface area contributed by atoms with Gasteiger partial charge in [0.25, 0.3) is 5.91 Å². The van der Waals surface area contributed by atoms with Crippen LogP contribution in [0.1, 0.15) is 63.2 Å². The summed E-state index contributed by atoms with van der Waals surface area (Å²) in [6, 6.07) is 6.36. The molecule has 0 aromatic heterocycles. The molecule has 0 heterocycles. The first-order valence-electron chi connectivity index (χ1n) is 9.99. The average molecular weight is 419 g/mol. The number of aliphatic carboxylic acids is 2. The van der Waals surface area contributed by atoms with Crippen molar-refractivity contribution in [1.29, 1.82) is 0 Å². The van der Waals surface area contributed by atoms with E-state index in [9.17, 15) is 19.2 Å². The van der Waals surface area contributed by atoms with Gasteiger partial charge in [0.1, 0.15) is 0 Å². The quantitative estimate of drug-likeness (QED) is 0.331. The molecule has 30 heavy (non-hydrogen) atoms. The largest absolute Gasteiger partial charge is 0.481 e. The van der Waals surface area contributed by atoms with E-state index >= 15 is 0 Å². The fourth-order valence-electron chi connectivity index (χ4n) is 2.90. The van der Waals surface area contributed by atoms with Crippen LogP contribution in [-0.2, 0) is 23.9 Å². The lowest BCUT2D eigenvalue weighted by molar-refractivity contribution is -0.161. The van der Waals surface area contributed by atoms with Crippen LogP contribution in [0.25, 0.3) is 6.08 Å². The van der Waals surface area contributed by atoms with E-state index in [-0.39, 0.29) is 18.9 Å². The standard InChI is InChI=1S/C22H29NO7/c1-3-5-17(6-4-2)22(29)30-20(21(28)23-14-13-19(26)27)16-10-7-15(8-11-16)9-12-18(24)25/h7-12,17,20H,3-6,13-14H2,1-2H3,(H,23,28)(H,24,25)(H,26,27)/b12-9+. The highest BCUT2D eigenvalue weighted by atomic mass is 16.5. The Bertz CT molecular complexity index is 749. The van der Waals surface area contributed by atoms with Crippen LogP contribution in [0.5, 0.6) is 0 Å². The molecule has 164 valence electrons. The van der Waals surface area contributed by atoms with Crippen LogP contribution >= 0.6 is 0 Å². The van der Waals surface area contributed by atoms with E-state index < -0.39 is 29.9 Å². The van der Waals surface area contributed by atoms with E-state index in [1.165, 1.54) is 6.08 Å². The molecule has 0 radical (unpaired) electrons. The molecule has 0 spiro atoms. The van der Waals surface area contributed by atoms with Gasteiger partial charge in [-0.25, -0.2) is 4.79 Å². The number of carboxylic acids is 2. The molecule has 0 aliphatic rings. The second-order valence-electron chi connectivity index (χ2n) is 6.86. The number of carbonyl (C=O) groups is 4. The predicted octanol–water partition coefficient (Wildman–Crippen LogP) is 3.18. The second kappa shape index (κ2) is 13.1. The minimum Gasteiger partial charge on any atom is -0.481 e. The number of hydrogen-bond donors (Lipinski definition) is 3. The summed E-state index contributed by atoms with van der Waals surface area (Å²) < 4.78 is 5.55. The number of carboxylic acid groups (broad SMARTS) is 2. The number of rotatable bonds is 13. The molecule has 1 aromatic rings. The van der Waals surface area contributed by atoms with Gasteiger partial charge in [-0.05, 0) is 24.5 Å². The van der Waals surface area contributed by atoms with Crippen molar-refractivity contribution in [3.63, 3.8) is 0 Å². The first kappa shape index (κ1) is 24.9. The van der Waals surface area contributed by atoms with Crippen molar-refractivity contribution < 1.29 is 34.1 Å². The third-order valence-corrected chi connectivity index (χ3v) is 4.38. The minimum absolute atomic E-state index is 0.0883. The molecule has 0 saturated heterocycles. The van der Waals surface area contributed by atoms with Gasteiger partial charge in [0, 0.05) is 18.2 Å². The van der Waals surface area contributed by atoms with E-state index in [1.54, 1.807) is 24.3 Å². The van der Waals surface area contributed by atoms with Crippen molar-refractivity contribution in [1.82, 2.24) is 5.32 Å². The van der Waals surface area contributed by atoms with Crippen LogP contribution in [-0.4, -0.2) is 40.6 Å². The molecule has 1 atom stereocenters. The number of nitrogens with one attached hydrogen (secondary N) is 1. The maximum atomic E-state index is 12.7. The zero-order valence-electron chi connectivity index (χ0n) is 17.3. The molecule has 8 nitrogen and oxygen atoms in total. The third kappa shape index (κ3) is 8.89. The number of amides is 1. The SMILES string of the molecule is CCCC(CCC)C(=O)OC(C(=O)NCCC(=O)O)c1ccc(/C=C/C(=O)O)cc1. The number of benzene rings is 1. The Labute approximate surface area is 175 Å². The molecule has 1 amide bonds. The Kier molecular flexibility index (Phi) is 10.9. The maximum absolute atomic E-state index is 12.7. The summed E-state index contributed by atoms with van der Waals surface area (Å²) in [6.45, 7) is 3.85. The van der Waals surface area contributed by atoms with Crippen LogP contribution in [0.3, 0.4) is 0 Å². The lowest BCUT2D eigenvalue weighted by atomic mass is 9.98. The van der Waals surface area contributed by atoms with Gasteiger partial charge < -0.3 is 20.3 Å². The molecule has 0 fully saturated rings. The number of ether oxygens (including phenoxy) is 1. The number of carbonyl (C=O) groups excluding carboxylic acids is 2. The van der Waals surface area contributed by atoms with Crippen molar-refractivity contribution in [2.45, 2.75) is 52.1 Å². The van der Waals surface area contributed by atoms with E-state index in [0.717, 1.165) is 18.9 Å². The Balaban J connectivity index is 3.04. The summed E-state index contributed by atoms with van der Waals surface area (Å²) in [5.74, 6) is -3.52. The molecular formula is C22H29NO7. The van der Waals surface area contributed by atoms with E-state index in [1.807, 2.05) is 13.8 Å². The van der Waals surface area contributed by atoms with Crippen molar-refractivity contribution in [3.8, 4) is 0 Å². The summed E-state index contributed by atoms with van der Waals surface area (Å²) in [5.41, 5.74) is 1.02. The van der Waals surface area contributed by atoms with E-state index in [2.05, 4.69) is 5.32 Å². The second-order valence-corrected chi connectivity index (χ2v) is 6.86. The van der Waals surface area contributed by atoms with Gasteiger partial charge >= 0.3 is 17.9 Å². The predicted molar refractivity (Wildman–Crippen MR) is 111 cm³/mol. The van der Waals surface area contributed by atoms with Gasteiger partial charge in [-0.15, -0.1) is 0 Å². The molecule has 1 aromatic carbocycles. The topological polar surface area (TPSA) is 130 Å². The maximum Gasteiger partial charge on any atom is 0.328 e. The highest BCUT2D eigenvalue weighted by molar-refractivity contribution is 5.86. The highest BCUT2D eigenvalue weighted by Gasteiger charge is 2.28. The molecule has 0 bridgehead atoms. The van der Waals surface area contributed by atoms with Gasteiger partial charge in [-0.2, -0.15) is 0 Å². The monoisotopic (exact) mass is 419 g/mol. The highest BCUT2D eigenvalue weighted by Crippen LogP contribution is 2.24. The zero-order valence-corrected chi connectivity index (χ0v) is 17.3. The van der Waals surface area contributed by atoms with Gasteiger partial charge in [0.2, 0.25) is 6.10 Å². The molecule has 3 N–H and O–H groups in total. The fourth-order valence-corrected chi connectivity index (χ4v) is 2.90. The smallest absolute Gasteiger partial charge is 0.328 e. The molecular weight excluding hydrogens is 390 g/mol. The van der Waals surface area contributed by atoms with Crippen LogP contribution in [0, 0.1) is 5.92 Å². The average Bonchev–Trinajstić information content (AvgIpc) is 2.70. The zero-order chi connectivity index (χ0) is 22.5. The molecule has 0 aliphatic heterocycles. The summed E-state index contributed by atoms with van der Waals surface area (Å²) in [7, 11) is 0. The fraction of sp³-hybridized carbons (Fsp3) is 0.455. The number of esters is 1. The van der Waals surface area contributed by atoms with E-state index in [4.69, 9.17) is 14.9 Å². The van der Waals surface area contributed by atoms with Crippen LogP contribution in [0.15, 0.2) is 30.3 Å². The lowest BCUT2D eigenvalue weighted by Crippen LogP contribution is -2.34. The Hall–Kier alpha value is -3.16. The van der Waals surface area contributed by atoms with Crippen LogP contribution in [0.2, 0.25) is 0 Å². The van der Waals surface area contributed by atoms with Crippen LogP contribution in [0.4, 0.5) is 0 Å². The summed E-state index contributed by atoms with van der Waals surface area (Å²) in [5, 5.41) is 20.0. The Morgan fingerprint density at radius 3 is 2.13 bits per heavy atom. The molecule has 1 unspecified atom stereocenters. The van der Waals surface area contributed by atoms with Crippen molar-refractivity contribution in [3.05, 3.63) is 41.5 Å². The summed E-state index contributed by atoms with van der Waals surface area (Å²) in [6.07, 6.45) is 3.83. The van der Waals surface area contributed by atoms with Gasteiger partial charge in [0.05, 0.1) is 12.3 Å².